The van der Waals surface area contributed by atoms with Gasteiger partial charge in [-0.2, -0.15) is 8.78 Å². The number of aromatic nitrogens is 4. The quantitative estimate of drug-likeness (QED) is 0.202. The molecule has 3 aromatic heterocycles. The molecule has 0 saturated heterocycles. The minimum atomic E-state index is -2.93. The predicted molar refractivity (Wildman–Crippen MR) is 126 cm³/mol. The van der Waals surface area contributed by atoms with Gasteiger partial charge < -0.3 is 9.15 Å². The average molecular weight is 499 g/mol. The van der Waals surface area contributed by atoms with Gasteiger partial charge in [0.15, 0.2) is 5.16 Å². The van der Waals surface area contributed by atoms with Crippen molar-refractivity contribution in [1.29, 1.82) is 0 Å². The second-order valence-corrected chi connectivity index (χ2v) is 9.36. The van der Waals surface area contributed by atoms with E-state index in [0.717, 1.165) is 4.88 Å². The van der Waals surface area contributed by atoms with E-state index < -0.39 is 6.61 Å². The fourth-order valence-corrected chi connectivity index (χ4v) is 4.90. The van der Waals surface area contributed by atoms with Gasteiger partial charge in [-0.15, -0.1) is 21.5 Å². The Morgan fingerprint density at radius 2 is 1.85 bits per heavy atom. The number of fused-ring (bicyclic) bond motifs is 1. The van der Waals surface area contributed by atoms with Gasteiger partial charge in [0.25, 0.3) is 11.4 Å². The molecule has 0 bridgehead atoms. The van der Waals surface area contributed by atoms with Crippen molar-refractivity contribution in [2.75, 3.05) is 0 Å². The normalized spacial score (nSPS) is 12.4. The molecule has 0 aliphatic heterocycles. The molecular weight excluding hydrogens is 482 g/mol. The van der Waals surface area contributed by atoms with Gasteiger partial charge in [0, 0.05) is 0 Å². The van der Waals surface area contributed by atoms with Crippen LogP contribution in [0.25, 0.3) is 27.4 Å². The van der Waals surface area contributed by atoms with Crippen molar-refractivity contribution in [3.8, 4) is 22.2 Å². The Labute approximate surface area is 200 Å². The molecule has 0 aliphatic rings. The van der Waals surface area contributed by atoms with Crippen molar-refractivity contribution < 1.29 is 17.9 Å². The molecule has 0 saturated carbocycles. The van der Waals surface area contributed by atoms with E-state index in [9.17, 15) is 13.6 Å². The van der Waals surface area contributed by atoms with E-state index in [2.05, 4.69) is 14.9 Å². The number of hydrogen-bond donors (Lipinski definition) is 0. The van der Waals surface area contributed by atoms with E-state index in [4.69, 9.17) is 9.40 Å². The number of thioether (sulfide) groups is 1. The minimum Gasteiger partial charge on any atom is -0.435 e. The van der Waals surface area contributed by atoms with Crippen LogP contribution in [0.5, 0.6) is 5.75 Å². The Hall–Kier alpha value is -3.57. The van der Waals surface area contributed by atoms with Crippen LogP contribution in [0.4, 0.5) is 8.78 Å². The molecule has 0 aliphatic carbocycles. The molecule has 34 heavy (non-hydrogen) atoms. The maximum absolute atomic E-state index is 13.4. The van der Waals surface area contributed by atoms with Gasteiger partial charge in [0.1, 0.15) is 5.75 Å². The van der Waals surface area contributed by atoms with E-state index in [1.807, 2.05) is 24.4 Å². The van der Waals surface area contributed by atoms with E-state index in [1.54, 1.807) is 24.3 Å². The largest absolute Gasteiger partial charge is 0.435 e. The standard InChI is InChI=1S/C23H16F2N4O3S2/c1-13(19-27-28-20(32-19)18-7-4-12-33-18)34-23-26-17-6-3-2-5-16(17)21(30)29(23)14-8-10-15(11-9-14)31-22(24)25/h2-13,22H,1H3. The number of halogens is 2. The number of nitrogens with zero attached hydrogens (tertiary/aromatic N) is 4. The van der Waals surface area contributed by atoms with E-state index >= 15 is 0 Å². The molecule has 3 heterocycles. The first-order chi connectivity index (χ1) is 16.5. The maximum atomic E-state index is 13.4. The predicted octanol–water partition coefficient (Wildman–Crippen LogP) is 5.95. The highest BCUT2D eigenvalue weighted by Gasteiger charge is 2.21. The zero-order valence-corrected chi connectivity index (χ0v) is 19.2. The smallest absolute Gasteiger partial charge is 0.387 e. The number of para-hydroxylation sites is 1. The fourth-order valence-electron chi connectivity index (χ4n) is 3.30. The number of alkyl halides is 2. The number of benzene rings is 2. The molecule has 1 atom stereocenters. The monoisotopic (exact) mass is 498 g/mol. The molecule has 0 amide bonds. The van der Waals surface area contributed by atoms with Crippen LogP contribution in [0.3, 0.4) is 0 Å². The Kier molecular flexibility index (Phi) is 6.12. The molecule has 2 aromatic carbocycles. The molecule has 172 valence electrons. The molecule has 0 spiro atoms. The zero-order chi connectivity index (χ0) is 23.7. The number of thiophene rings is 1. The molecule has 1 unspecified atom stereocenters. The van der Waals surface area contributed by atoms with Gasteiger partial charge in [0.2, 0.25) is 5.89 Å². The lowest BCUT2D eigenvalue weighted by molar-refractivity contribution is -0.0498. The number of rotatable bonds is 7. The van der Waals surface area contributed by atoms with Crippen LogP contribution in [-0.2, 0) is 0 Å². The molecule has 5 rings (SSSR count). The van der Waals surface area contributed by atoms with Crippen LogP contribution >= 0.6 is 23.1 Å². The SMILES string of the molecule is CC(Sc1nc2ccccc2c(=O)n1-c1ccc(OC(F)F)cc1)c1nnc(-c2cccs2)o1. The van der Waals surface area contributed by atoms with Crippen LogP contribution in [0, 0.1) is 0 Å². The molecule has 11 heteroatoms. The second-order valence-electron chi connectivity index (χ2n) is 7.11. The van der Waals surface area contributed by atoms with Gasteiger partial charge in [-0.25, -0.2) is 4.98 Å². The third-order valence-corrected chi connectivity index (χ3v) is 6.77. The lowest BCUT2D eigenvalue weighted by Gasteiger charge is -2.15. The lowest BCUT2D eigenvalue weighted by Crippen LogP contribution is -2.22. The van der Waals surface area contributed by atoms with Crippen molar-refractivity contribution in [1.82, 2.24) is 19.7 Å². The van der Waals surface area contributed by atoms with Crippen LogP contribution in [0.1, 0.15) is 18.1 Å². The van der Waals surface area contributed by atoms with Crippen LogP contribution in [0.2, 0.25) is 0 Å². The highest BCUT2D eigenvalue weighted by atomic mass is 32.2. The highest BCUT2D eigenvalue weighted by Crippen LogP contribution is 2.36. The van der Waals surface area contributed by atoms with Crippen LogP contribution in [0.15, 0.2) is 80.4 Å². The molecule has 0 radical (unpaired) electrons. The maximum Gasteiger partial charge on any atom is 0.387 e. The third-order valence-electron chi connectivity index (χ3n) is 4.87. The molecular formula is C23H16F2N4O3S2. The summed E-state index contributed by atoms with van der Waals surface area (Å²) in [4.78, 5) is 19.0. The Balaban J connectivity index is 1.54. The summed E-state index contributed by atoms with van der Waals surface area (Å²) >= 11 is 2.78. The van der Waals surface area contributed by atoms with Crippen LogP contribution < -0.4 is 10.3 Å². The van der Waals surface area contributed by atoms with Crippen LogP contribution in [-0.4, -0.2) is 26.4 Å². The van der Waals surface area contributed by atoms with Gasteiger partial charge in [-0.1, -0.05) is 30.0 Å². The van der Waals surface area contributed by atoms with E-state index in [0.29, 0.717) is 33.5 Å². The van der Waals surface area contributed by atoms with Gasteiger partial charge in [-0.3, -0.25) is 9.36 Å². The Morgan fingerprint density at radius 1 is 1.06 bits per heavy atom. The fraction of sp³-hybridized carbons (Fsp3) is 0.130. The van der Waals surface area contributed by atoms with Crippen molar-refractivity contribution in [2.24, 2.45) is 0 Å². The highest BCUT2D eigenvalue weighted by molar-refractivity contribution is 7.99. The summed E-state index contributed by atoms with van der Waals surface area (Å²) in [5, 5.41) is 10.7. The summed E-state index contributed by atoms with van der Waals surface area (Å²) in [6, 6.07) is 16.6. The van der Waals surface area contributed by atoms with Crippen molar-refractivity contribution in [3.05, 3.63) is 82.3 Å². The first-order valence-electron chi connectivity index (χ1n) is 10.1. The first-order valence-corrected chi connectivity index (χ1v) is 11.9. The summed E-state index contributed by atoms with van der Waals surface area (Å²) in [5.74, 6) is 0.814. The summed E-state index contributed by atoms with van der Waals surface area (Å²) in [6.45, 7) is -1.06. The minimum absolute atomic E-state index is 0.00455. The third kappa shape index (κ3) is 4.44. The van der Waals surface area contributed by atoms with Gasteiger partial charge in [0.05, 0.1) is 26.7 Å². The summed E-state index contributed by atoms with van der Waals surface area (Å²) in [5.41, 5.74) is 0.720. The van der Waals surface area contributed by atoms with Gasteiger partial charge in [-0.05, 0) is 54.8 Å². The second kappa shape index (κ2) is 9.35. The van der Waals surface area contributed by atoms with Crippen molar-refractivity contribution >= 4 is 34.0 Å². The van der Waals surface area contributed by atoms with Crippen molar-refractivity contribution in [2.45, 2.75) is 23.9 Å². The number of ether oxygens (including phenoxy) is 1. The Morgan fingerprint density at radius 3 is 2.59 bits per heavy atom. The number of hydrogen-bond acceptors (Lipinski definition) is 8. The first kappa shape index (κ1) is 22.2. The molecule has 0 N–H and O–H groups in total. The van der Waals surface area contributed by atoms with E-state index in [-0.39, 0.29) is 16.6 Å². The average Bonchev–Trinajstić information content (AvgIpc) is 3.52. The molecule has 0 fully saturated rings. The van der Waals surface area contributed by atoms with Crippen molar-refractivity contribution in [3.63, 3.8) is 0 Å². The lowest BCUT2D eigenvalue weighted by atomic mass is 10.2. The van der Waals surface area contributed by atoms with Gasteiger partial charge >= 0.3 is 6.61 Å². The van der Waals surface area contributed by atoms with E-state index in [1.165, 1.54) is 51.9 Å². The summed E-state index contributed by atoms with van der Waals surface area (Å²) < 4.78 is 36.8. The molecule has 5 aromatic rings. The zero-order valence-electron chi connectivity index (χ0n) is 17.6. The topological polar surface area (TPSA) is 83.0 Å². The Bertz CT molecular complexity index is 1480. The summed E-state index contributed by atoms with van der Waals surface area (Å²) in [6.07, 6.45) is 0. The summed E-state index contributed by atoms with van der Waals surface area (Å²) in [7, 11) is 0. The molecule has 7 nitrogen and oxygen atoms in total.